The number of nitro benzene ring substituents is 1. The number of phenolic OH excluding ortho intramolecular Hbond substituents is 1. The van der Waals surface area contributed by atoms with Crippen LogP contribution in [0.3, 0.4) is 0 Å². The van der Waals surface area contributed by atoms with E-state index < -0.39 is 4.92 Å². The lowest BCUT2D eigenvalue weighted by molar-refractivity contribution is -0.385. The van der Waals surface area contributed by atoms with Gasteiger partial charge in [-0.3, -0.25) is 10.1 Å². The molecule has 0 atom stereocenters. The molecule has 6 heteroatoms. The second kappa shape index (κ2) is 6.01. The van der Waals surface area contributed by atoms with E-state index in [1.807, 2.05) is 6.92 Å². The summed E-state index contributed by atoms with van der Waals surface area (Å²) in [6.07, 6.45) is 0. The molecule has 2 aromatic rings. The third kappa shape index (κ3) is 3.44. The van der Waals surface area contributed by atoms with Crippen LogP contribution in [-0.4, -0.2) is 10.0 Å². The predicted molar refractivity (Wildman–Crippen MR) is 83.0 cm³/mol. The largest absolute Gasteiger partial charge is 0.508 e. The molecule has 0 heterocycles. The summed E-state index contributed by atoms with van der Waals surface area (Å²) in [5.74, 6) is 0.131. The zero-order valence-corrected chi connectivity index (χ0v) is 12.4. The number of benzene rings is 2. The number of aryl methyl sites for hydroxylation is 2. The number of phenols is 1. The Balaban J connectivity index is 2.25. The van der Waals surface area contributed by atoms with Crippen LogP contribution in [0.2, 0.25) is 5.02 Å². The highest BCUT2D eigenvalue weighted by molar-refractivity contribution is 6.30. The Morgan fingerprint density at radius 2 is 1.95 bits per heavy atom. The number of hydrogen-bond acceptors (Lipinski definition) is 4. The minimum absolute atomic E-state index is 0.0680. The predicted octanol–water partition coefficient (Wildman–Crippen LogP) is 4.18. The first-order valence-electron chi connectivity index (χ1n) is 6.35. The molecule has 0 aliphatic heterocycles. The summed E-state index contributed by atoms with van der Waals surface area (Å²) in [6.45, 7) is 3.90. The summed E-state index contributed by atoms with van der Waals surface area (Å²) in [5, 5.41) is 24.4. The van der Waals surface area contributed by atoms with Gasteiger partial charge in [0.15, 0.2) is 0 Å². The van der Waals surface area contributed by atoms with Crippen LogP contribution in [0.1, 0.15) is 16.7 Å². The summed E-state index contributed by atoms with van der Waals surface area (Å²) in [6, 6.07) is 8.04. The number of anilines is 1. The molecule has 0 amide bonds. The molecule has 21 heavy (non-hydrogen) atoms. The lowest BCUT2D eigenvalue weighted by Gasteiger charge is -2.12. The third-order valence-electron chi connectivity index (χ3n) is 3.25. The van der Waals surface area contributed by atoms with Gasteiger partial charge < -0.3 is 10.4 Å². The summed E-state index contributed by atoms with van der Waals surface area (Å²) in [4.78, 5) is 10.6. The summed E-state index contributed by atoms with van der Waals surface area (Å²) in [7, 11) is 0. The molecule has 0 saturated carbocycles. The fraction of sp³-hybridized carbons (Fsp3) is 0.200. The molecule has 5 nitrogen and oxygen atoms in total. The van der Waals surface area contributed by atoms with Crippen LogP contribution in [0.5, 0.6) is 5.75 Å². The molecule has 0 spiro atoms. The third-order valence-corrected chi connectivity index (χ3v) is 3.49. The fourth-order valence-corrected chi connectivity index (χ4v) is 2.31. The Labute approximate surface area is 127 Å². The van der Waals surface area contributed by atoms with Gasteiger partial charge >= 0.3 is 0 Å². The van der Waals surface area contributed by atoms with Crippen LogP contribution in [-0.2, 0) is 6.54 Å². The maximum Gasteiger partial charge on any atom is 0.274 e. The Kier molecular flexibility index (Phi) is 4.33. The van der Waals surface area contributed by atoms with Crippen LogP contribution in [0.15, 0.2) is 30.3 Å². The molecule has 0 unspecified atom stereocenters. The molecule has 2 aromatic carbocycles. The number of halogens is 1. The van der Waals surface area contributed by atoms with Crippen LogP contribution >= 0.6 is 11.6 Å². The highest BCUT2D eigenvalue weighted by atomic mass is 35.5. The lowest BCUT2D eigenvalue weighted by atomic mass is 10.1. The normalized spacial score (nSPS) is 10.4. The molecule has 0 fully saturated rings. The van der Waals surface area contributed by atoms with Gasteiger partial charge in [0.05, 0.1) is 4.92 Å². The summed E-state index contributed by atoms with van der Waals surface area (Å²) >= 11 is 5.89. The number of nitrogens with one attached hydrogen (secondary N) is 1. The molecule has 0 saturated heterocycles. The van der Waals surface area contributed by atoms with Crippen molar-refractivity contribution in [3.05, 3.63) is 62.2 Å². The quantitative estimate of drug-likeness (QED) is 0.656. The molecule has 0 bridgehead atoms. The molecule has 0 aliphatic carbocycles. The lowest BCUT2D eigenvalue weighted by Crippen LogP contribution is -2.03. The van der Waals surface area contributed by atoms with E-state index in [1.54, 1.807) is 25.1 Å². The van der Waals surface area contributed by atoms with Gasteiger partial charge in [-0.15, -0.1) is 0 Å². The van der Waals surface area contributed by atoms with E-state index in [9.17, 15) is 15.2 Å². The van der Waals surface area contributed by atoms with Gasteiger partial charge in [0, 0.05) is 34.4 Å². The van der Waals surface area contributed by atoms with Gasteiger partial charge in [-0.05, 0) is 43.7 Å². The molecule has 0 aromatic heterocycles. The maximum absolute atomic E-state index is 11.0. The van der Waals surface area contributed by atoms with Crippen molar-refractivity contribution in [2.75, 3.05) is 5.32 Å². The molecule has 0 aliphatic rings. The Hall–Kier alpha value is -2.27. The first-order valence-corrected chi connectivity index (χ1v) is 6.73. The van der Waals surface area contributed by atoms with Gasteiger partial charge in [-0.1, -0.05) is 11.6 Å². The van der Waals surface area contributed by atoms with Crippen molar-refractivity contribution < 1.29 is 10.0 Å². The molecule has 110 valence electrons. The molecule has 2 rings (SSSR count). The van der Waals surface area contributed by atoms with E-state index >= 15 is 0 Å². The van der Waals surface area contributed by atoms with Crippen molar-refractivity contribution >= 4 is 23.0 Å². The minimum Gasteiger partial charge on any atom is -0.508 e. The second-order valence-corrected chi connectivity index (χ2v) is 5.27. The first kappa shape index (κ1) is 15.1. The Morgan fingerprint density at radius 3 is 2.62 bits per heavy atom. The van der Waals surface area contributed by atoms with Gasteiger partial charge in [0.2, 0.25) is 0 Å². The zero-order valence-electron chi connectivity index (χ0n) is 11.7. The fourth-order valence-electron chi connectivity index (χ4n) is 2.11. The Morgan fingerprint density at radius 1 is 1.24 bits per heavy atom. The average molecular weight is 307 g/mol. The first-order chi connectivity index (χ1) is 9.88. The van der Waals surface area contributed by atoms with E-state index in [-0.39, 0.29) is 11.4 Å². The number of hydrogen-bond donors (Lipinski definition) is 2. The molecular formula is C15H15ClN2O3. The maximum atomic E-state index is 11.0. The SMILES string of the molecule is Cc1cc(C)c([N+](=O)[O-])cc1NCc1cc(Cl)ccc1O. The summed E-state index contributed by atoms with van der Waals surface area (Å²) in [5.41, 5.74) is 2.88. The van der Waals surface area contributed by atoms with E-state index in [0.717, 1.165) is 5.56 Å². The van der Waals surface area contributed by atoms with Gasteiger partial charge in [0.25, 0.3) is 5.69 Å². The highest BCUT2D eigenvalue weighted by Crippen LogP contribution is 2.28. The van der Waals surface area contributed by atoms with Crippen molar-refractivity contribution in [2.45, 2.75) is 20.4 Å². The van der Waals surface area contributed by atoms with Crippen molar-refractivity contribution in [1.29, 1.82) is 0 Å². The van der Waals surface area contributed by atoms with Gasteiger partial charge in [-0.25, -0.2) is 0 Å². The minimum atomic E-state index is -0.406. The standard InChI is InChI=1S/C15H15ClN2O3/c1-9-5-10(2)14(18(20)21)7-13(9)17-8-11-6-12(16)3-4-15(11)19/h3-7,17,19H,8H2,1-2H3. The number of aromatic hydroxyl groups is 1. The highest BCUT2D eigenvalue weighted by Gasteiger charge is 2.13. The van der Waals surface area contributed by atoms with Crippen molar-refractivity contribution in [3.63, 3.8) is 0 Å². The Bertz CT molecular complexity index is 702. The van der Waals surface area contributed by atoms with Crippen molar-refractivity contribution in [1.82, 2.24) is 0 Å². The van der Waals surface area contributed by atoms with Crippen molar-refractivity contribution in [3.8, 4) is 5.75 Å². The molecule has 0 radical (unpaired) electrons. The van der Waals surface area contributed by atoms with Crippen LogP contribution < -0.4 is 5.32 Å². The second-order valence-electron chi connectivity index (χ2n) is 4.84. The number of nitrogens with zero attached hydrogens (tertiary/aromatic N) is 1. The number of rotatable bonds is 4. The topological polar surface area (TPSA) is 75.4 Å². The van der Waals surface area contributed by atoms with Gasteiger partial charge in [0.1, 0.15) is 5.75 Å². The van der Waals surface area contributed by atoms with Crippen LogP contribution in [0.25, 0.3) is 0 Å². The molecular weight excluding hydrogens is 292 g/mol. The molecule has 2 N–H and O–H groups in total. The number of nitro groups is 1. The monoisotopic (exact) mass is 306 g/mol. The van der Waals surface area contributed by atoms with E-state index in [4.69, 9.17) is 11.6 Å². The van der Waals surface area contributed by atoms with Crippen molar-refractivity contribution in [2.24, 2.45) is 0 Å². The van der Waals surface area contributed by atoms with E-state index in [0.29, 0.717) is 28.4 Å². The smallest absolute Gasteiger partial charge is 0.274 e. The van der Waals surface area contributed by atoms with Gasteiger partial charge in [-0.2, -0.15) is 0 Å². The van der Waals surface area contributed by atoms with E-state index in [2.05, 4.69) is 5.32 Å². The zero-order chi connectivity index (χ0) is 15.6. The van der Waals surface area contributed by atoms with Crippen LogP contribution in [0.4, 0.5) is 11.4 Å². The summed E-state index contributed by atoms with van der Waals surface area (Å²) < 4.78 is 0. The van der Waals surface area contributed by atoms with Crippen LogP contribution in [0, 0.1) is 24.0 Å². The average Bonchev–Trinajstić information content (AvgIpc) is 2.41. The van der Waals surface area contributed by atoms with E-state index in [1.165, 1.54) is 12.1 Å².